The van der Waals surface area contributed by atoms with E-state index in [1.54, 1.807) is 35.0 Å². The van der Waals surface area contributed by atoms with Crippen LogP contribution in [0.4, 0.5) is 5.82 Å². The highest BCUT2D eigenvalue weighted by Gasteiger charge is 2.46. The highest BCUT2D eigenvalue weighted by Crippen LogP contribution is 2.45. The number of aromatic nitrogens is 5. The van der Waals surface area contributed by atoms with Crippen LogP contribution in [0.2, 0.25) is 5.28 Å². The molecule has 1 saturated carbocycles. The van der Waals surface area contributed by atoms with Crippen LogP contribution in [-0.4, -0.2) is 79.1 Å². The molecule has 46 heavy (non-hydrogen) atoms. The molecule has 2 aromatic carbocycles. The lowest BCUT2D eigenvalue weighted by Crippen LogP contribution is -2.40. The predicted molar refractivity (Wildman–Crippen MR) is 176 cm³/mol. The molecule has 1 aliphatic heterocycles. The van der Waals surface area contributed by atoms with E-state index in [1.807, 2.05) is 6.07 Å². The summed E-state index contributed by atoms with van der Waals surface area (Å²) in [6.45, 7) is 2.90. The van der Waals surface area contributed by atoms with Crippen molar-refractivity contribution in [3.8, 4) is 11.3 Å². The zero-order valence-corrected chi connectivity index (χ0v) is 26.7. The molecule has 1 unspecified atom stereocenters. The van der Waals surface area contributed by atoms with Crippen LogP contribution in [-0.2, 0) is 16.4 Å². The Balaban J connectivity index is 1.14. The summed E-state index contributed by atoms with van der Waals surface area (Å²) in [5, 5.41) is 27.5. The van der Waals surface area contributed by atoms with Gasteiger partial charge in [-0.05, 0) is 86.0 Å². The van der Waals surface area contributed by atoms with Gasteiger partial charge in [0, 0.05) is 24.5 Å². The molecule has 2 aliphatic rings. The van der Waals surface area contributed by atoms with Gasteiger partial charge < -0.3 is 25.4 Å². The van der Waals surface area contributed by atoms with Crippen molar-refractivity contribution >= 4 is 38.5 Å². The third kappa shape index (κ3) is 5.69. The number of nitrogens with two attached hydrogens (primary N) is 1. The van der Waals surface area contributed by atoms with Gasteiger partial charge in [0.2, 0.25) is 5.28 Å². The van der Waals surface area contributed by atoms with Gasteiger partial charge >= 0.3 is 0 Å². The molecule has 7 rings (SSSR count). The van der Waals surface area contributed by atoms with Crippen LogP contribution < -0.4 is 5.73 Å². The van der Waals surface area contributed by atoms with Crippen molar-refractivity contribution < 1.29 is 18.6 Å². The summed E-state index contributed by atoms with van der Waals surface area (Å²) < 4.78 is 29.2. The van der Waals surface area contributed by atoms with E-state index in [0.29, 0.717) is 28.7 Å². The summed E-state index contributed by atoms with van der Waals surface area (Å²) in [4.78, 5) is 11.2. The molecule has 2 fully saturated rings. The minimum absolute atomic E-state index is 0.0551. The van der Waals surface area contributed by atoms with Gasteiger partial charge in [-0.15, -0.1) is 0 Å². The summed E-state index contributed by atoms with van der Waals surface area (Å²) in [5.74, 6) is 0.282. The van der Waals surface area contributed by atoms with Crippen molar-refractivity contribution in [2.75, 3.05) is 25.4 Å². The Morgan fingerprint density at radius 2 is 1.63 bits per heavy atom. The minimum atomic E-state index is -3.92. The summed E-state index contributed by atoms with van der Waals surface area (Å²) in [6.07, 6.45) is 4.62. The maximum absolute atomic E-state index is 13.2. The highest BCUT2D eigenvalue weighted by atomic mass is 35.5. The van der Waals surface area contributed by atoms with Crippen LogP contribution in [0.5, 0.6) is 0 Å². The molecule has 0 bridgehead atoms. The second kappa shape index (κ2) is 12.4. The average molecular weight is 662 g/mol. The molecule has 0 radical (unpaired) electrons. The van der Waals surface area contributed by atoms with E-state index in [9.17, 15) is 18.6 Å². The Kier molecular flexibility index (Phi) is 8.32. The van der Waals surface area contributed by atoms with Gasteiger partial charge in [-0.2, -0.15) is 22.6 Å². The van der Waals surface area contributed by atoms with Crippen LogP contribution in [0.3, 0.4) is 0 Å². The molecule has 5 aromatic rings. The van der Waals surface area contributed by atoms with Crippen LogP contribution >= 0.6 is 11.6 Å². The second-order valence-corrected chi connectivity index (χ2v) is 14.4. The first kappa shape index (κ1) is 30.8. The lowest BCUT2D eigenvalue weighted by atomic mass is 9.82. The zero-order chi connectivity index (χ0) is 32.0. The van der Waals surface area contributed by atoms with E-state index in [2.05, 4.69) is 44.2 Å². The quantitative estimate of drug-likeness (QED) is 0.210. The first-order valence-corrected chi connectivity index (χ1v) is 17.3. The van der Waals surface area contributed by atoms with E-state index in [0.717, 1.165) is 43.0 Å². The van der Waals surface area contributed by atoms with Crippen molar-refractivity contribution in [3.63, 3.8) is 0 Å². The Hall–Kier alpha value is -3.81. The Morgan fingerprint density at radius 1 is 0.935 bits per heavy atom. The molecule has 4 heterocycles. The molecule has 4 atom stereocenters. The second-order valence-electron chi connectivity index (χ2n) is 12.3. The molecule has 0 amide bonds. The maximum atomic E-state index is 13.2. The van der Waals surface area contributed by atoms with Gasteiger partial charge in [0.05, 0.1) is 28.1 Å². The normalized spacial score (nSPS) is 22.9. The number of rotatable bonds is 8. The summed E-state index contributed by atoms with van der Waals surface area (Å²) in [7, 11) is -3.92. The van der Waals surface area contributed by atoms with Crippen LogP contribution in [0.25, 0.3) is 22.3 Å². The Bertz CT molecular complexity index is 1940. The molecule has 1 saturated heterocycles. The van der Waals surface area contributed by atoms with Gasteiger partial charge in [-0.3, -0.25) is 0 Å². The standard InChI is InChI=1S/C33H36ClN7O4S/c34-33-36-31(35)28-25(26-14-18-41(38-26)46(44,45)23-9-5-2-6-10-23)20-40(32(28)37-33)27-19-24(29(42)30(27)43)22-12-16-39(17-13-22)15-11-21-7-3-1-4-8-21/h1-10,14,18,20,22,24,27,29-30,42-43H,11-13,15-17,19H2,(H2,35,36,37)/t24?,27-,29-,30+/m1/s1. The number of nitrogens with zero attached hydrogens (tertiary/aromatic N) is 6. The third-order valence-electron chi connectivity index (χ3n) is 9.65. The average Bonchev–Trinajstić information content (AvgIpc) is 3.78. The third-order valence-corrected chi connectivity index (χ3v) is 11.4. The van der Waals surface area contributed by atoms with Gasteiger partial charge in [0.25, 0.3) is 10.0 Å². The fourth-order valence-corrected chi connectivity index (χ4v) is 8.51. The number of aliphatic hydroxyl groups excluding tert-OH is 2. The maximum Gasteiger partial charge on any atom is 0.282 e. The lowest BCUT2D eigenvalue weighted by molar-refractivity contribution is -0.0121. The number of benzene rings is 2. The largest absolute Gasteiger partial charge is 0.390 e. The van der Waals surface area contributed by atoms with Crippen molar-refractivity contribution in [1.82, 2.24) is 28.6 Å². The molecular weight excluding hydrogens is 626 g/mol. The van der Waals surface area contributed by atoms with Crippen LogP contribution in [0, 0.1) is 11.8 Å². The van der Waals surface area contributed by atoms with Crippen molar-refractivity contribution in [1.29, 1.82) is 0 Å². The number of aliphatic hydroxyl groups is 2. The summed E-state index contributed by atoms with van der Waals surface area (Å²) in [6, 6.07) is 19.6. The summed E-state index contributed by atoms with van der Waals surface area (Å²) >= 11 is 6.25. The number of piperidine rings is 1. The van der Waals surface area contributed by atoms with E-state index >= 15 is 0 Å². The zero-order valence-electron chi connectivity index (χ0n) is 25.1. The molecule has 0 spiro atoms. The number of fused-ring (bicyclic) bond motifs is 1. The monoisotopic (exact) mass is 661 g/mol. The van der Waals surface area contributed by atoms with Gasteiger partial charge in [-0.1, -0.05) is 48.5 Å². The Labute approximate surface area is 272 Å². The topological polar surface area (TPSA) is 152 Å². The minimum Gasteiger partial charge on any atom is -0.390 e. The van der Waals surface area contributed by atoms with E-state index in [4.69, 9.17) is 17.3 Å². The Morgan fingerprint density at radius 3 is 2.35 bits per heavy atom. The molecule has 1 aliphatic carbocycles. The molecule has 3 aromatic heterocycles. The van der Waals surface area contributed by atoms with Crippen molar-refractivity contribution in [2.24, 2.45) is 11.8 Å². The van der Waals surface area contributed by atoms with Crippen LogP contribution in [0.1, 0.15) is 30.9 Å². The number of anilines is 1. The highest BCUT2D eigenvalue weighted by molar-refractivity contribution is 7.89. The predicted octanol–water partition coefficient (Wildman–Crippen LogP) is 4.00. The van der Waals surface area contributed by atoms with Gasteiger partial charge in [-0.25, -0.2) is 4.98 Å². The number of nitrogen functional groups attached to an aromatic ring is 1. The molecule has 4 N–H and O–H groups in total. The fraction of sp³-hybridized carbons (Fsp3) is 0.364. The summed E-state index contributed by atoms with van der Waals surface area (Å²) in [5.41, 5.74) is 8.91. The van der Waals surface area contributed by atoms with E-state index < -0.39 is 28.3 Å². The number of halogens is 1. The fourth-order valence-electron chi connectivity index (χ4n) is 7.20. The molecule has 11 nitrogen and oxygen atoms in total. The molecular formula is C33H36ClN7O4S. The molecule has 240 valence electrons. The molecule has 13 heteroatoms. The van der Waals surface area contributed by atoms with Crippen molar-refractivity contribution in [2.45, 2.75) is 48.8 Å². The van der Waals surface area contributed by atoms with E-state index in [1.165, 1.54) is 23.9 Å². The number of likely N-dealkylation sites (tertiary alicyclic amines) is 1. The van der Waals surface area contributed by atoms with Gasteiger partial charge in [0.1, 0.15) is 17.6 Å². The van der Waals surface area contributed by atoms with E-state index in [-0.39, 0.29) is 27.8 Å². The first-order chi connectivity index (χ1) is 22.2. The smallest absolute Gasteiger partial charge is 0.282 e. The van der Waals surface area contributed by atoms with Gasteiger partial charge in [0.15, 0.2) is 0 Å². The first-order valence-electron chi connectivity index (χ1n) is 15.5. The van der Waals surface area contributed by atoms with Crippen LogP contribution in [0.15, 0.2) is 84.0 Å². The SMILES string of the molecule is Nc1nc(Cl)nc2c1c(-c1ccn(S(=O)(=O)c3ccccc3)n1)cn2[C@@H]1CC(C2CCN(CCc3ccccc3)CC2)[C@@H](O)[C@H]1O. The number of hydrogen-bond acceptors (Lipinski definition) is 9. The number of hydrogen-bond donors (Lipinski definition) is 3. The van der Waals surface area contributed by atoms with Crippen molar-refractivity contribution in [3.05, 3.63) is 90.0 Å². The lowest BCUT2D eigenvalue weighted by Gasteiger charge is -2.36.